The molecule has 0 spiro atoms. The van der Waals surface area contributed by atoms with E-state index >= 15 is 0 Å². The van der Waals surface area contributed by atoms with Crippen LogP contribution in [0.3, 0.4) is 0 Å². The summed E-state index contributed by atoms with van der Waals surface area (Å²) in [4.78, 5) is 12.5. The largest absolute Gasteiger partial charge is 0.323 e. The van der Waals surface area contributed by atoms with Crippen molar-refractivity contribution < 1.29 is 4.79 Å². The first-order valence-corrected chi connectivity index (χ1v) is 8.71. The van der Waals surface area contributed by atoms with E-state index in [4.69, 9.17) is 23.2 Å². The van der Waals surface area contributed by atoms with E-state index in [1.807, 2.05) is 25.1 Å². The zero-order valence-electron chi connectivity index (χ0n) is 14.0. The van der Waals surface area contributed by atoms with Gasteiger partial charge < -0.3 is 5.32 Å². The van der Waals surface area contributed by atoms with E-state index in [-0.39, 0.29) is 18.0 Å². The summed E-state index contributed by atoms with van der Waals surface area (Å²) in [6, 6.07) is 14.8. The summed E-state index contributed by atoms with van der Waals surface area (Å²) in [5, 5.41) is 7.22. The molecule has 2 aromatic rings. The summed E-state index contributed by atoms with van der Waals surface area (Å²) in [6.45, 7) is 6.10. The van der Waals surface area contributed by atoms with E-state index < -0.39 is 0 Å². The van der Waals surface area contributed by atoms with E-state index in [1.54, 1.807) is 18.2 Å². The normalized spacial score (nSPS) is 13.6. The number of hydrogen-bond acceptors (Lipinski definition) is 2. The number of hydrogen-bond donors (Lipinski definition) is 2. The molecule has 0 aliphatic rings. The first-order valence-electron chi connectivity index (χ1n) is 7.95. The molecule has 24 heavy (non-hydrogen) atoms. The summed E-state index contributed by atoms with van der Waals surface area (Å²) in [5.74, 6) is 0.193. The summed E-state index contributed by atoms with van der Waals surface area (Å²) < 4.78 is 0. The minimum Gasteiger partial charge on any atom is -0.323 e. The molecule has 0 fully saturated rings. The molecule has 0 saturated heterocycles. The second-order valence-corrected chi connectivity index (χ2v) is 6.98. The predicted molar refractivity (Wildman–Crippen MR) is 102 cm³/mol. The maximum absolute atomic E-state index is 12.5. The van der Waals surface area contributed by atoms with Crippen LogP contribution in [0.4, 0.5) is 5.69 Å². The molecule has 0 aromatic heterocycles. The van der Waals surface area contributed by atoms with Gasteiger partial charge in [-0.15, -0.1) is 0 Å². The molecule has 5 heteroatoms. The van der Waals surface area contributed by atoms with Crippen molar-refractivity contribution in [3.63, 3.8) is 0 Å². The second kappa shape index (κ2) is 8.52. The van der Waals surface area contributed by atoms with Gasteiger partial charge in [0, 0.05) is 11.1 Å². The highest BCUT2D eigenvalue weighted by Crippen LogP contribution is 2.26. The fourth-order valence-corrected chi connectivity index (χ4v) is 2.85. The van der Waals surface area contributed by atoms with E-state index in [0.717, 1.165) is 5.56 Å². The SMILES string of the molecule is CC(C)[C@H](N[C@H](C)C(=O)Nc1cc(Cl)ccc1Cl)c1ccccc1. The fraction of sp³-hybridized carbons (Fsp3) is 0.316. The minimum atomic E-state index is -0.382. The fourth-order valence-electron chi connectivity index (χ4n) is 2.51. The van der Waals surface area contributed by atoms with Crippen molar-refractivity contribution in [1.29, 1.82) is 0 Å². The van der Waals surface area contributed by atoms with Gasteiger partial charge >= 0.3 is 0 Å². The highest BCUT2D eigenvalue weighted by atomic mass is 35.5. The van der Waals surface area contributed by atoms with Crippen LogP contribution in [0.15, 0.2) is 48.5 Å². The molecule has 2 N–H and O–H groups in total. The number of carbonyl (C=O) groups is 1. The smallest absolute Gasteiger partial charge is 0.241 e. The van der Waals surface area contributed by atoms with E-state index in [9.17, 15) is 4.79 Å². The van der Waals surface area contributed by atoms with Gasteiger partial charge in [0.2, 0.25) is 5.91 Å². The molecule has 2 aromatic carbocycles. The van der Waals surface area contributed by atoms with Crippen molar-refractivity contribution in [2.45, 2.75) is 32.9 Å². The van der Waals surface area contributed by atoms with Gasteiger partial charge in [-0.3, -0.25) is 10.1 Å². The Balaban J connectivity index is 2.08. The van der Waals surface area contributed by atoms with Crippen molar-refractivity contribution in [1.82, 2.24) is 5.32 Å². The van der Waals surface area contributed by atoms with Gasteiger partial charge in [-0.2, -0.15) is 0 Å². The van der Waals surface area contributed by atoms with Crippen LogP contribution in [0, 0.1) is 5.92 Å². The van der Waals surface area contributed by atoms with Gasteiger partial charge in [0.05, 0.1) is 16.8 Å². The standard InChI is InChI=1S/C19H22Cl2N2O/c1-12(2)18(14-7-5-4-6-8-14)22-13(3)19(24)23-17-11-15(20)9-10-16(17)21/h4-13,18,22H,1-3H3,(H,23,24)/t13-,18+/m1/s1. The Kier molecular flexibility index (Phi) is 6.67. The lowest BCUT2D eigenvalue weighted by Crippen LogP contribution is -2.41. The third kappa shape index (κ3) is 4.97. The third-order valence-corrected chi connectivity index (χ3v) is 4.40. The van der Waals surface area contributed by atoms with E-state index in [2.05, 4.69) is 36.6 Å². The molecule has 2 atom stereocenters. The minimum absolute atomic E-state index is 0.0850. The van der Waals surface area contributed by atoms with Crippen molar-refractivity contribution >= 4 is 34.8 Å². The van der Waals surface area contributed by atoms with Crippen LogP contribution in [0.2, 0.25) is 10.0 Å². The Labute approximate surface area is 153 Å². The Morgan fingerprint density at radius 1 is 1.00 bits per heavy atom. The molecular formula is C19H22Cl2N2O. The van der Waals surface area contributed by atoms with E-state index in [1.165, 1.54) is 0 Å². The van der Waals surface area contributed by atoms with Crippen molar-refractivity contribution in [2.24, 2.45) is 5.92 Å². The first-order chi connectivity index (χ1) is 11.4. The van der Waals surface area contributed by atoms with Gasteiger partial charge in [-0.05, 0) is 36.6 Å². The van der Waals surface area contributed by atoms with Gasteiger partial charge in [0.15, 0.2) is 0 Å². The van der Waals surface area contributed by atoms with Gasteiger partial charge in [-0.25, -0.2) is 0 Å². The molecule has 128 valence electrons. The summed E-state index contributed by atoms with van der Waals surface area (Å²) in [5.41, 5.74) is 1.68. The topological polar surface area (TPSA) is 41.1 Å². The van der Waals surface area contributed by atoms with E-state index in [0.29, 0.717) is 21.7 Å². The van der Waals surface area contributed by atoms with Crippen LogP contribution < -0.4 is 10.6 Å². The number of nitrogens with one attached hydrogen (secondary N) is 2. The van der Waals surface area contributed by atoms with Crippen LogP contribution in [-0.2, 0) is 4.79 Å². The molecule has 0 heterocycles. The third-order valence-electron chi connectivity index (χ3n) is 3.83. The van der Waals surface area contributed by atoms with Crippen LogP contribution in [-0.4, -0.2) is 11.9 Å². The Morgan fingerprint density at radius 3 is 2.29 bits per heavy atom. The average Bonchev–Trinajstić information content (AvgIpc) is 2.56. The van der Waals surface area contributed by atoms with Crippen molar-refractivity contribution in [3.05, 3.63) is 64.1 Å². The number of rotatable bonds is 6. The van der Waals surface area contributed by atoms with Crippen LogP contribution >= 0.6 is 23.2 Å². The van der Waals surface area contributed by atoms with Crippen molar-refractivity contribution in [3.8, 4) is 0 Å². The lowest BCUT2D eigenvalue weighted by atomic mass is 9.95. The number of anilines is 1. The number of halogens is 2. The Bertz CT molecular complexity index is 689. The van der Waals surface area contributed by atoms with Crippen molar-refractivity contribution in [2.75, 3.05) is 5.32 Å². The molecule has 0 unspecified atom stereocenters. The highest BCUT2D eigenvalue weighted by Gasteiger charge is 2.22. The number of amides is 1. The zero-order chi connectivity index (χ0) is 17.7. The lowest BCUT2D eigenvalue weighted by Gasteiger charge is -2.26. The monoisotopic (exact) mass is 364 g/mol. The molecule has 2 rings (SSSR count). The molecule has 0 aliphatic heterocycles. The maximum atomic E-state index is 12.5. The number of benzene rings is 2. The Hall–Kier alpha value is -1.55. The summed E-state index contributed by atoms with van der Waals surface area (Å²) in [7, 11) is 0. The molecular weight excluding hydrogens is 343 g/mol. The molecule has 0 radical (unpaired) electrons. The van der Waals surface area contributed by atoms with Crippen LogP contribution in [0.5, 0.6) is 0 Å². The number of carbonyl (C=O) groups excluding carboxylic acids is 1. The quantitative estimate of drug-likeness (QED) is 0.729. The van der Waals surface area contributed by atoms with Gasteiger partial charge in [-0.1, -0.05) is 67.4 Å². The molecule has 1 amide bonds. The molecule has 3 nitrogen and oxygen atoms in total. The van der Waals surface area contributed by atoms with Gasteiger partial charge in [0.25, 0.3) is 0 Å². The zero-order valence-corrected chi connectivity index (χ0v) is 15.5. The second-order valence-electron chi connectivity index (χ2n) is 6.13. The summed E-state index contributed by atoms with van der Waals surface area (Å²) in [6.07, 6.45) is 0. The first kappa shape index (κ1) is 18.8. The van der Waals surface area contributed by atoms with Crippen LogP contribution in [0.1, 0.15) is 32.4 Å². The molecule has 0 bridgehead atoms. The highest BCUT2D eigenvalue weighted by molar-refractivity contribution is 6.35. The van der Waals surface area contributed by atoms with Crippen LogP contribution in [0.25, 0.3) is 0 Å². The maximum Gasteiger partial charge on any atom is 0.241 e. The average molecular weight is 365 g/mol. The molecule has 0 saturated carbocycles. The van der Waals surface area contributed by atoms with Gasteiger partial charge in [0.1, 0.15) is 0 Å². The summed E-state index contributed by atoms with van der Waals surface area (Å²) >= 11 is 12.1. The predicted octanol–water partition coefficient (Wildman–Crippen LogP) is 5.31. The Morgan fingerprint density at radius 2 is 1.67 bits per heavy atom. The lowest BCUT2D eigenvalue weighted by molar-refractivity contribution is -0.118. The molecule has 0 aliphatic carbocycles.